The maximum absolute atomic E-state index is 12.0. The Kier molecular flexibility index (Phi) is 6.58. The van der Waals surface area contributed by atoms with Crippen molar-refractivity contribution in [3.8, 4) is 11.8 Å². The van der Waals surface area contributed by atoms with Crippen LogP contribution in [0.25, 0.3) is 17.3 Å². The number of likely N-dealkylation sites (N-methyl/N-ethyl adjacent to an activating group) is 1. The Morgan fingerprint density at radius 3 is 2.46 bits per heavy atom. The standard InChI is InChI=1S/C34H25N3O4/c1-37-31(18-24(33(38)39)19-32(37)30-17-25(20-36-30)34(40)41)29-16-21(14-15-35-29)10-11-23-13-12-22-6-2-3-7-26(22)28-9-5-4-8-27(23)28/h2-9,12,14-20,31,36H,13H2,1H3,(H,38,39)(H,40,41). The summed E-state index contributed by atoms with van der Waals surface area (Å²) in [7, 11) is 1.82. The smallest absolute Gasteiger partial charge is 0.337 e. The molecule has 0 amide bonds. The van der Waals surface area contributed by atoms with Gasteiger partial charge in [-0.1, -0.05) is 66.4 Å². The summed E-state index contributed by atoms with van der Waals surface area (Å²) in [5.74, 6) is 4.56. The van der Waals surface area contributed by atoms with E-state index >= 15 is 0 Å². The number of fused-ring (bicyclic) bond motifs is 2. The minimum Gasteiger partial charge on any atom is -0.478 e. The maximum Gasteiger partial charge on any atom is 0.337 e. The number of aliphatic carboxylic acids is 1. The number of benzene rings is 2. The summed E-state index contributed by atoms with van der Waals surface area (Å²) in [6, 6.07) is 21.3. The van der Waals surface area contributed by atoms with Crippen molar-refractivity contribution in [2.45, 2.75) is 12.5 Å². The molecule has 1 unspecified atom stereocenters. The van der Waals surface area contributed by atoms with Crippen LogP contribution in [0, 0.1) is 22.3 Å². The largest absolute Gasteiger partial charge is 0.478 e. The first-order valence-corrected chi connectivity index (χ1v) is 13.1. The number of aromatic amines is 1. The van der Waals surface area contributed by atoms with Crippen molar-refractivity contribution in [1.29, 1.82) is 0 Å². The number of hydrogen-bond donors (Lipinski definition) is 3. The zero-order chi connectivity index (χ0) is 28.5. The summed E-state index contributed by atoms with van der Waals surface area (Å²) in [4.78, 5) is 32.8. The molecule has 7 nitrogen and oxygen atoms in total. The molecule has 1 aliphatic heterocycles. The molecular formula is C34H25N3O4. The highest BCUT2D eigenvalue weighted by Crippen LogP contribution is 2.34. The van der Waals surface area contributed by atoms with E-state index in [9.17, 15) is 19.8 Å². The topological polar surface area (TPSA) is 107 Å². The SMILES string of the molecule is CN1C(c2cc(C(=O)O)c[nH]2)=CC(C(=O)O)=CC1c1cc(C#CC2=c3ccccc3=c3ccccc3=CC2)ccn1. The van der Waals surface area contributed by atoms with Crippen molar-refractivity contribution >= 4 is 29.3 Å². The van der Waals surface area contributed by atoms with E-state index in [-0.39, 0.29) is 11.1 Å². The van der Waals surface area contributed by atoms with Gasteiger partial charge in [0.25, 0.3) is 0 Å². The quantitative estimate of drug-likeness (QED) is 0.341. The number of aromatic nitrogens is 2. The molecule has 7 heteroatoms. The third-order valence-corrected chi connectivity index (χ3v) is 7.35. The molecule has 0 radical (unpaired) electrons. The molecule has 41 heavy (non-hydrogen) atoms. The molecule has 6 rings (SSSR count). The number of nitrogens with one attached hydrogen (secondary N) is 1. The van der Waals surface area contributed by atoms with Crippen molar-refractivity contribution in [1.82, 2.24) is 14.9 Å². The van der Waals surface area contributed by atoms with Crippen LogP contribution in [0.3, 0.4) is 0 Å². The predicted octanol–water partition coefficient (Wildman–Crippen LogP) is 3.82. The maximum atomic E-state index is 12.0. The number of rotatable bonds is 4. The average molecular weight is 540 g/mol. The second-order valence-electron chi connectivity index (χ2n) is 9.86. The Bertz CT molecular complexity index is 2080. The monoisotopic (exact) mass is 539 g/mol. The van der Waals surface area contributed by atoms with E-state index in [2.05, 4.69) is 52.2 Å². The lowest BCUT2D eigenvalue weighted by molar-refractivity contribution is -0.132. The van der Waals surface area contributed by atoms with Gasteiger partial charge in [0, 0.05) is 30.6 Å². The van der Waals surface area contributed by atoms with Gasteiger partial charge in [-0.2, -0.15) is 0 Å². The van der Waals surface area contributed by atoms with E-state index in [4.69, 9.17) is 0 Å². The average Bonchev–Trinajstić information content (AvgIpc) is 3.42. The molecule has 200 valence electrons. The molecule has 0 saturated carbocycles. The van der Waals surface area contributed by atoms with Gasteiger partial charge in [0.2, 0.25) is 0 Å². The molecule has 0 fully saturated rings. The lowest BCUT2D eigenvalue weighted by atomic mass is 9.99. The first kappa shape index (κ1) is 25.7. The fraction of sp³-hybridized carbons (Fsp3) is 0.0882. The molecule has 2 aliphatic rings. The van der Waals surface area contributed by atoms with E-state index in [0.717, 1.165) is 21.6 Å². The van der Waals surface area contributed by atoms with E-state index in [1.165, 1.54) is 28.8 Å². The molecule has 0 saturated heterocycles. The minimum atomic E-state index is -1.08. The third kappa shape index (κ3) is 4.95. The fourth-order valence-electron chi connectivity index (χ4n) is 5.26. The van der Waals surface area contributed by atoms with Gasteiger partial charge < -0.3 is 20.1 Å². The van der Waals surface area contributed by atoms with Gasteiger partial charge in [-0.25, -0.2) is 9.59 Å². The van der Waals surface area contributed by atoms with Crippen LogP contribution >= 0.6 is 0 Å². The molecule has 2 aromatic heterocycles. The number of aromatic carboxylic acids is 1. The summed E-state index contributed by atoms with van der Waals surface area (Å²) in [6.07, 6.45) is 9.12. The predicted molar refractivity (Wildman–Crippen MR) is 155 cm³/mol. The zero-order valence-corrected chi connectivity index (χ0v) is 22.1. The Morgan fingerprint density at radius 1 is 0.951 bits per heavy atom. The first-order chi connectivity index (χ1) is 19.9. The summed E-state index contributed by atoms with van der Waals surface area (Å²) < 4.78 is 0. The highest BCUT2D eigenvalue weighted by molar-refractivity contribution is 5.94. The third-order valence-electron chi connectivity index (χ3n) is 7.35. The Labute approximate surface area is 235 Å². The van der Waals surface area contributed by atoms with Crippen molar-refractivity contribution in [3.63, 3.8) is 0 Å². The van der Waals surface area contributed by atoms with Crippen LogP contribution in [-0.4, -0.2) is 44.1 Å². The van der Waals surface area contributed by atoms with Crippen molar-refractivity contribution in [2.75, 3.05) is 7.05 Å². The molecule has 3 N–H and O–H groups in total. The number of carbonyl (C=O) groups is 2. The van der Waals surface area contributed by atoms with Crippen LogP contribution in [0.4, 0.5) is 0 Å². The number of carboxylic acids is 2. The lowest BCUT2D eigenvalue weighted by Gasteiger charge is -2.32. The van der Waals surface area contributed by atoms with Crippen LogP contribution in [-0.2, 0) is 4.79 Å². The van der Waals surface area contributed by atoms with Crippen molar-refractivity contribution in [2.24, 2.45) is 0 Å². The van der Waals surface area contributed by atoms with Crippen LogP contribution in [0.1, 0.15) is 39.8 Å². The first-order valence-electron chi connectivity index (χ1n) is 13.1. The molecule has 0 spiro atoms. The minimum absolute atomic E-state index is 0.0885. The number of hydrogen-bond acceptors (Lipinski definition) is 4. The molecule has 0 bridgehead atoms. The highest BCUT2D eigenvalue weighted by Gasteiger charge is 2.27. The molecule has 1 aliphatic carbocycles. The second kappa shape index (κ2) is 10.5. The summed E-state index contributed by atoms with van der Waals surface area (Å²) >= 11 is 0. The Hall–Kier alpha value is -5.61. The summed E-state index contributed by atoms with van der Waals surface area (Å²) in [5, 5.41) is 23.8. The summed E-state index contributed by atoms with van der Waals surface area (Å²) in [5.41, 5.74) is 3.62. The molecule has 2 aromatic carbocycles. The number of nitrogens with zero attached hydrogens (tertiary/aromatic N) is 2. The van der Waals surface area contributed by atoms with Gasteiger partial charge in [-0.15, -0.1) is 0 Å². The van der Waals surface area contributed by atoms with Crippen LogP contribution in [0.15, 0.2) is 96.8 Å². The van der Waals surface area contributed by atoms with Gasteiger partial charge in [-0.3, -0.25) is 4.98 Å². The fourth-order valence-corrected chi connectivity index (χ4v) is 5.26. The number of pyridine rings is 1. The second-order valence-corrected chi connectivity index (χ2v) is 9.86. The zero-order valence-electron chi connectivity index (χ0n) is 22.1. The molecule has 4 aromatic rings. The number of carboxylic acid groups (broad SMARTS) is 2. The lowest BCUT2D eigenvalue weighted by Crippen LogP contribution is -2.27. The Morgan fingerprint density at radius 2 is 1.71 bits per heavy atom. The van der Waals surface area contributed by atoms with Gasteiger partial charge in [0.05, 0.1) is 34.3 Å². The van der Waals surface area contributed by atoms with Crippen molar-refractivity contribution < 1.29 is 19.8 Å². The van der Waals surface area contributed by atoms with E-state index in [0.29, 0.717) is 23.5 Å². The van der Waals surface area contributed by atoms with E-state index < -0.39 is 18.0 Å². The highest BCUT2D eigenvalue weighted by atomic mass is 16.4. The van der Waals surface area contributed by atoms with Gasteiger partial charge in [0.1, 0.15) is 0 Å². The van der Waals surface area contributed by atoms with E-state index in [1.54, 1.807) is 12.3 Å². The van der Waals surface area contributed by atoms with E-state index in [1.807, 2.05) is 48.3 Å². The van der Waals surface area contributed by atoms with Gasteiger partial charge >= 0.3 is 11.9 Å². The molecular weight excluding hydrogens is 514 g/mol. The van der Waals surface area contributed by atoms with Crippen LogP contribution < -0.4 is 10.4 Å². The van der Waals surface area contributed by atoms with Crippen LogP contribution in [0.2, 0.25) is 0 Å². The summed E-state index contributed by atoms with van der Waals surface area (Å²) in [6.45, 7) is 0. The number of H-pyrrole nitrogens is 1. The van der Waals surface area contributed by atoms with Crippen molar-refractivity contribution in [3.05, 3.63) is 140 Å². The van der Waals surface area contributed by atoms with Crippen LogP contribution in [0.5, 0.6) is 0 Å². The molecule has 1 atom stereocenters. The van der Waals surface area contributed by atoms with Gasteiger partial charge in [0.15, 0.2) is 0 Å². The van der Waals surface area contributed by atoms with Gasteiger partial charge in [-0.05, 0) is 57.6 Å². The molecule has 3 heterocycles. The Balaban J connectivity index is 1.39. The normalized spacial score (nSPS) is 15.7.